The van der Waals surface area contributed by atoms with Crippen LogP contribution in [0.4, 0.5) is 4.39 Å². The first-order valence-corrected chi connectivity index (χ1v) is 8.01. The molecule has 0 spiro atoms. The Morgan fingerprint density at radius 2 is 1.91 bits per heavy atom. The van der Waals surface area contributed by atoms with Gasteiger partial charge in [0.25, 0.3) is 0 Å². The number of aryl methyl sites for hydroxylation is 1. The van der Waals surface area contributed by atoms with Crippen molar-refractivity contribution in [3.8, 4) is 5.69 Å². The number of hydrogen-bond donors (Lipinski definition) is 0. The van der Waals surface area contributed by atoms with Gasteiger partial charge in [-0.1, -0.05) is 30.0 Å². The van der Waals surface area contributed by atoms with Crippen molar-refractivity contribution < 1.29 is 9.18 Å². The predicted molar refractivity (Wildman–Crippen MR) is 87.6 cm³/mol. The summed E-state index contributed by atoms with van der Waals surface area (Å²) in [7, 11) is 0. The smallest absolute Gasteiger partial charge is 0.196 e. The van der Waals surface area contributed by atoms with Gasteiger partial charge in [-0.2, -0.15) is 0 Å². The Balaban J connectivity index is 1.75. The third kappa shape index (κ3) is 3.48. The molecule has 2 aromatic carbocycles. The van der Waals surface area contributed by atoms with Gasteiger partial charge in [-0.05, 0) is 42.8 Å². The Morgan fingerprint density at radius 3 is 2.65 bits per heavy atom. The number of para-hydroxylation sites is 1. The minimum Gasteiger partial charge on any atom is -0.293 e. The van der Waals surface area contributed by atoms with Crippen molar-refractivity contribution in [2.24, 2.45) is 0 Å². The molecule has 3 rings (SSSR count). The molecule has 0 bridgehead atoms. The maximum absolute atomic E-state index is 12.9. The highest BCUT2D eigenvalue weighted by Gasteiger charge is 2.12. The second kappa shape index (κ2) is 6.75. The van der Waals surface area contributed by atoms with E-state index in [4.69, 9.17) is 0 Å². The Bertz CT molecular complexity index is 830. The quantitative estimate of drug-likeness (QED) is 0.530. The summed E-state index contributed by atoms with van der Waals surface area (Å²) in [6.07, 6.45) is 1.63. The number of ketones is 1. The number of nitrogens with zero attached hydrogens (tertiary/aromatic N) is 3. The second-order valence-corrected chi connectivity index (χ2v) is 5.93. The number of rotatable bonds is 5. The van der Waals surface area contributed by atoms with E-state index in [1.54, 1.807) is 6.33 Å². The van der Waals surface area contributed by atoms with Crippen molar-refractivity contribution in [2.45, 2.75) is 12.1 Å². The molecular weight excluding hydrogens is 313 g/mol. The molecular formula is C17H14FN3OS. The molecule has 1 heterocycles. The molecule has 0 saturated carbocycles. The lowest BCUT2D eigenvalue weighted by Gasteiger charge is -2.08. The van der Waals surface area contributed by atoms with E-state index in [0.717, 1.165) is 11.3 Å². The average molecular weight is 327 g/mol. The number of carbonyl (C=O) groups excluding carboxylic acids is 1. The summed E-state index contributed by atoms with van der Waals surface area (Å²) < 4.78 is 14.8. The largest absolute Gasteiger partial charge is 0.293 e. The molecule has 0 N–H and O–H groups in total. The number of Topliss-reactive ketones (excluding diaryl/α,β-unsaturated/α-hetero) is 1. The zero-order valence-electron chi connectivity index (χ0n) is 12.4. The standard InChI is InChI=1S/C17H14FN3OS/c1-12-4-2-3-5-15(12)21-11-19-20-17(21)23-10-16(22)13-6-8-14(18)9-7-13/h2-9,11H,10H2,1H3. The van der Waals surface area contributed by atoms with E-state index in [-0.39, 0.29) is 17.4 Å². The third-order valence-corrected chi connectivity index (χ3v) is 4.33. The Morgan fingerprint density at radius 1 is 1.17 bits per heavy atom. The van der Waals surface area contributed by atoms with Gasteiger partial charge >= 0.3 is 0 Å². The van der Waals surface area contributed by atoms with E-state index in [9.17, 15) is 9.18 Å². The van der Waals surface area contributed by atoms with Gasteiger partial charge in [0.05, 0.1) is 11.4 Å². The molecule has 3 aromatic rings. The maximum Gasteiger partial charge on any atom is 0.196 e. The van der Waals surface area contributed by atoms with Crippen LogP contribution in [0.15, 0.2) is 60.0 Å². The van der Waals surface area contributed by atoms with Gasteiger partial charge in [-0.3, -0.25) is 9.36 Å². The average Bonchev–Trinajstić information content (AvgIpc) is 3.02. The number of aromatic nitrogens is 3. The molecule has 0 fully saturated rings. The fourth-order valence-electron chi connectivity index (χ4n) is 2.17. The number of hydrogen-bond acceptors (Lipinski definition) is 4. The highest BCUT2D eigenvalue weighted by atomic mass is 32.2. The van der Waals surface area contributed by atoms with Crippen molar-refractivity contribution in [3.05, 3.63) is 71.8 Å². The number of thioether (sulfide) groups is 1. The minimum absolute atomic E-state index is 0.0747. The summed E-state index contributed by atoms with van der Waals surface area (Å²) in [5.74, 6) is -0.209. The van der Waals surface area contributed by atoms with Crippen LogP contribution < -0.4 is 0 Å². The van der Waals surface area contributed by atoms with Gasteiger partial charge in [0.2, 0.25) is 0 Å². The molecule has 23 heavy (non-hydrogen) atoms. The summed E-state index contributed by atoms with van der Waals surface area (Å²) in [6.45, 7) is 2.01. The van der Waals surface area contributed by atoms with Gasteiger partial charge in [-0.25, -0.2) is 4.39 Å². The predicted octanol–water partition coefficient (Wildman–Crippen LogP) is 3.69. The third-order valence-electron chi connectivity index (χ3n) is 3.39. The van der Waals surface area contributed by atoms with Crippen LogP contribution in [0.25, 0.3) is 5.69 Å². The topological polar surface area (TPSA) is 47.8 Å². The zero-order chi connectivity index (χ0) is 16.2. The summed E-state index contributed by atoms with van der Waals surface area (Å²) >= 11 is 1.31. The van der Waals surface area contributed by atoms with Crippen LogP contribution in [0.3, 0.4) is 0 Å². The van der Waals surface area contributed by atoms with E-state index < -0.39 is 0 Å². The SMILES string of the molecule is Cc1ccccc1-n1cnnc1SCC(=O)c1ccc(F)cc1. The Labute approximate surface area is 137 Å². The lowest BCUT2D eigenvalue weighted by molar-refractivity contribution is 0.102. The Hall–Kier alpha value is -2.47. The van der Waals surface area contributed by atoms with E-state index in [2.05, 4.69) is 10.2 Å². The second-order valence-electron chi connectivity index (χ2n) is 4.99. The summed E-state index contributed by atoms with van der Waals surface area (Å²) in [6, 6.07) is 13.4. The molecule has 0 atom stereocenters. The van der Waals surface area contributed by atoms with Crippen LogP contribution in [0.2, 0.25) is 0 Å². The van der Waals surface area contributed by atoms with Gasteiger partial charge in [0, 0.05) is 5.56 Å². The van der Waals surface area contributed by atoms with Crippen molar-refractivity contribution in [3.63, 3.8) is 0 Å². The lowest BCUT2D eigenvalue weighted by Crippen LogP contribution is -2.04. The van der Waals surface area contributed by atoms with Gasteiger partial charge in [-0.15, -0.1) is 10.2 Å². The number of halogens is 1. The normalized spacial score (nSPS) is 10.7. The molecule has 116 valence electrons. The molecule has 0 aliphatic rings. The summed E-state index contributed by atoms with van der Waals surface area (Å²) in [5.41, 5.74) is 2.56. The van der Waals surface area contributed by atoms with Crippen LogP contribution in [0.5, 0.6) is 0 Å². The molecule has 0 radical (unpaired) electrons. The number of benzene rings is 2. The summed E-state index contributed by atoms with van der Waals surface area (Å²) in [4.78, 5) is 12.2. The van der Waals surface area contributed by atoms with Crippen molar-refractivity contribution >= 4 is 17.5 Å². The van der Waals surface area contributed by atoms with Crippen LogP contribution in [-0.4, -0.2) is 26.3 Å². The minimum atomic E-state index is -0.353. The maximum atomic E-state index is 12.9. The highest BCUT2D eigenvalue weighted by Crippen LogP contribution is 2.22. The zero-order valence-corrected chi connectivity index (χ0v) is 13.3. The van der Waals surface area contributed by atoms with Crippen molar-refractivity contribution in [2.75, 3.05) is 5.75 Å². The molecule has 0 saturated heterocycles. The molecule has 0 unspecified atom stereocenters. The number of carbonyl (C=O) groups is 1. The Kier molecular flexibility index (Phi) is 4.52. The van der Waals surface area contributed by atoms with E-state index in [1.165, 1.54) is 36.0 Å². The molecule has 4 nitrogen and oxygen atoms in total. The molecule has 1 aromatic heterocycles. The first-order chi connectivity index (χ1) is 11.1. The van der Waals surface area contributed by atoms with Crippen LogP contribution in [0, 0.1) is 12.7 Å². The van der Waals surface area contributed by atoms with E-state index in [0.29, 0.717) is 10.7 Å². The molecule has 6 heteroatoms. The van der Waals surface area contributed by atoms with Gasteiger partial charge in [0.15, 0.2) is 10.9 Å². The van der Waals surface area contributed by atoms with Crippen molar-refractivity contribution in [1.82, 2.24) is 14.8 Å². The van der Waals surface area contributed by atoms with Gasteiger partial charge in [0.1, 0.15) is 12.1 Å². The molecule has 0 aliphatic carbocycles. The molecule has 0 aliphatic heterocycles. The molecule has 0 amide bonds. The highest BCUT2D eigenvalue weighted by molar-refractivity contribution is 7.99. The monoisotopic (exact) mass is 327 g/mol. The first-order valence-electron chi connectivity index (χ1n) is 7.03. The van der Waals surface area contributed by atoms with Crippen LogP contribution in [0.1, 0.15) is 15.9 Å². The van der Waals surface area contributed by atoms with Crippen molar-refractivity contribution in [1.29, 1.82) is 0 Å². The van der Waals surface area contributed by atoms with Gasteiger partial charge < -0.3 is 0 Å². The lowest BCUT2D eigenvalue weighted by atomic mass is 10.1. The van der Waals surface area contributed by atoms with Crippen LogP contribution in [-0.2, 0) is 0 Å². The van der Waals surface area contributed by atoms with Crippen LogP contribution >= 0.6 is 11.8 Å². The van der Waals surface area contributed by atoms with E-state index in [1.807, 2.05) is 35.8 Å². The fourth-order valence-corrected chi connectivity index (χ4v) is 2.99. The fraction of sp³-hybridized carbons (Fsp3) is 0.118. The first kappa shape index (κ1) is 15.4. The van der Waals surface area contributed by atoms with E-state index >= 15 is 0 Å². The summed E-state index contributed by atoms with van der Waals surface area (Å²) in [5, 5.41) is 8.66.